The van der Waals surface area contributed by atoms with Crippen molar-refractivity contribution < 1.29 is 37.1 Å². The van der Waals surface area contributed by atoms with Gasteiger partial charge < -0.3 is 19.5 Å². The lowest BCUT2D eigenvalue weighted by molar-refractivity contribution is -0.255. The van der Waals surface area contributed by atoms with E-state index in [1.54, 1.807) is 12.3 Å². The number of unbranched alkanes of at least 4 members (excludes halogenated alkanes) is 15. The highest BCUT2D eigenvalue weighted by atomic mass is 31.2. The van der Waals surface area contributed by atoms with E-state index < -0.39 is 38.5 Å². The molecule has 0 radical (unpaired) electrons. The Morgan fingerprint density at radius 1 is 0.782 bits per heavy atom. The van der Waals surface area contributed by atoms with E-state index >= 15 is 0 Å². The zero-order chi connectivity index (χ0) is 40.4. The van der Waals surface area contributed by atoms with Crippen LogP contribution in [0.3, 0.4) is 0 Å². The number of hydrogen-bond acceptors (Lipinski definition) is 8. The van der Waals surface area contributed by atoms with Gasteiger partial charge in [0.25, 0.3) is 0 Å². The molecule has 0 spiro atoms. The summed E-state index contributed by atoms with van der Waals surface area (Å²) in [5, 5.41) is 3.18. The molecule has 1 fully saturated rings. The molecular formula is C45H82NO8P. The first-order valence-corrected chi connectivity index (χ1v) is 23.5. The molecule has 10 heteroatoms. The molecule has 9 nitrogen and oxygen atoms in total. The molecule has 1 aliphatic rings. The first-order chi connectivity index (χ1) is 26.8. The molecule has 0 saturated carbocycles. The van der Waals surface area contributed by atoms with Gasteiger partial charge in [0.05, 0.1) is 25.6 Å². The van der Waals surface area contributed by atoms with Gasteiger partial charge >= 0.3 is 7.82 Å². The Morgan fingerprint density at radius 2 is 1.35 bits per heavy atom. The molecule has 1 amide bonds. The molecule has 320 valence electrons. The molecule has 0 aromatic heterocycles. The van der Waals surface area contributed by atoms with E-state index in [0.717, 1.165) is 32.1 Å². The average Bonchev–Trinajstić information content (AvgIpc) is 3.18. The zero-order valence-corrected chi connectivity index (χ0v) is 36.6. The van der Waals surface area contributed by atoms with Crippen LogP contribution in [0.4, 0.5) is 0 Å². The third-order valence-corrected chi connectivity index (χ3v) is 11.5. The molecular weight excluding hydrogens is 713 g/mol. The van der Waals surface area contributed by atoms with Crippen molar-refractivity contribution >= 4 is 13.7 Å². The largest absolute Gasteiger partial charge is 0.475 e. The number of ether oxygens (including phenoxy) is 3. The molecule has 55 heavy (non-hydrogen) atoms. The van der Waals surface area contributed by atoms with Gasteiger partial charge in [-0.3, -0.25) is 18.4 Å². The zero-order valence-electron chi connectivity index (χ0n) is 35.7. The summed E-state index contributed by atoms with van der Waals surface area (Å²) in [4.78, 5) is 13.5. The van der Waals surface area contributed by atoms with Gasteiger partial charge in [-0.25, -0.2) is 4.57 Å². The third kappa shape index (κ3) is 24.6. The summed E-state index contributed by atoms with van der Waals surface area (Å²) >= 11 is 0. The van der Waals surface area contributed by atoms with Crippen LogP contribution in [0.2, 0.25) is 0 Å². The van der Waals surface area contributed by atoms with Gasteiger partial charge in [-0.1, -0.05) is 148 Å². The Bertz CT molecular complexity index is 1050. The normalized spacial score (nSPS) is 20.9. The summed E-state index contributed by atoms with van der Waals surface area (Å²) in [5.41, 5.74) is 0. The number of carbonyl (C=O) groups excluding carboxylic acids is 1. The molecule has 1 aliphatic heterocycles. The van der Waals surface area contributed by atoms with Crippen molar-refractivity contribution in [3.63, 3.8) is 0 Å². The molecule has 0 bridgehead atoms. The number of phosphoric acid groups is 1. The van der Waals surface area contributed by atoms with Crippen LogP contribution in [0.15, 0.2) is 49.8 Å². The lowest BCUT2D eigenvalue weighted by atomic mass is 9.94. The first-order valence-electron chi connectivity index (χ1n) is 22.1. The molecule has 1 heterocycles. The molecule has 0 unspecified atom stereocenters. The van der Waals surface area contributed by atoms with Gasteiger partial charge in [-0.05, 0) is 57.8 Å². The van der Waals surface area contributed by atoms with Crippen molar-refractivity contribution in [3.8, 4) is 0 Å². The number of rotatable bonds is 37. The second kappa shape index (κ2) is 34.3. The van der Waals surface area contributed by atoms with Crippen molar-refractivity contribution in [3.05, 3.63) is 49.8 Å². The molecule has 1 rings (SSSR count). The van der Waals surface area contributed by atoms with E-state index in [1.807, 2.05) is 13.8 Å². The number of carbonyl (C=O) groups is 1. The summed E-state index contributed by atoms with van der Waals surface area (Å²) in [7, 11) is -4.11. The minimum atomic E-state index is -4.11. The van der Waals surface area contributed by atoms with Crippen molar-refractivity contribution in [1.29, 1.82) is 0 Å². The van der Waals surface area contributed by atoms with Gasteiger partial charge in [-0.15, -0.1) is 13.2 Å². The Morgan fingerprint density at radius 3 is 1.93 bits per heavy atom. The number of nitrogens with one attached hydrogen (secondary N) is 1. The summed E-state index contributed by atoms with van der Waals surface area (Å²) in [6.07, 6.45) is 32.5. The van der Waals surface area contributed by atoms with Gasteiger partial charge in [0.1, 0.15) is 18.2 Å². The van der Waals surface area contributed by atoms with E-state index in [2.05, 4.69) is 51.4 Å². The monoisotopic (exact) mass is 796 g/mol. The van der Waals surface area contributed by atoms with E-state index in [4.69, 9.17) is 27.8 Å². The topological polar surface area (TPSA) is 102 Å². The number of hydrogen-bond donors (Lipinski definition) is 1. The first kappa shape index (κ1) is 51.3. The van der Waals surface area contributed by atoms with Gasteiger partial charge in [0.15, 0.2) is 0 Å². The Labute approximate surface area is 337 Å². The Kier molecular flexibility index (Phi) is 32.0. The maximum absolute atomic E-state index is 13.9. The van der Waals surface area contributed by atoms with Crippen LogP contribution < -0.4 is 5.32 Å². The lowest BCUT2D eigenvalue weighted by Crippen LogP contribution is -2.65. The van der Waals surface area contributed by atoms with Crippen molar-refractivity contribution in [2.75, 3.05) is 19.8 Å². The van der Waals surface area contributed by atoms with Crippen LogP contribution >= 0.6 is 7.82 Å². The predicted octanol–water partition coefficient (Wildman–Crippen LogP) is 12.9. The smallest absolute Gasteiger partial charge is 0.471 e. The highest BCUT2D eigenvalue weighted by Gasteiger charge is 2.51. The van der Waals surface area contributed by atoms with Gasteiger partial charge in [0.2, 0.25) is 12.2 Å². The lowest BCUT2D eigenvalue weighted by Gasteiger charge is -2.46. The van der Waals surface area contributed by atoms with Crippen LogP contribution in [0.5, 0.6) is 0 Å². The van der Waals surface area contributed by atoms with Crippen LogP contribution in [0.1, 0.15) is 176 Å². The number of allylic oxidation sites excluding steroid dienone is 3. The highest BCUT2D eigenvalue weighted by Crippen LogP contribution is 2.52. The molecule has 1 saturated heterocycles. The fourth-order valence-electron chi connectivity index (χ4n) is 6.78. The van der Waals surface area contributed by atoms with Crippen molar-refractivity contribution in [2.45, 2.75) is 207 Å². The van der Waals surface area contributed by atoms with Crippen molar-refractivity contribution in [2.24, 2.45) is 5.92 Å². The average molecular weight is 796 g/mol. The van der Waals surface area contributed by atoms with Crippen LogP contribution in [0, 0.1) is 5.92 Å². The predicted molar refractivity (Wildman–Crippen MR) is 228 cm³/mol. The SMILES string of the molecule is C=CCOP(=O)(OCC=C)O[C@H]1[C@H](OCC[C@H](C)CCCCCCC)[C@@H](NC(=O)CCCCCCCCC/C=C\CCCCCC)[C@@H](O/C=C\C)O[C@@H]1CC. The van der Waals surface area contributed by atoms with Crippen molar-refractivity contribution in [1.82, 2.24) is 5.32 Å². The minimum Gasteiger partial charge on any atom is -0.471 e. The Hall–Kier alpha value is -1.74. The van der Waals surface area contributed by atoms with E-state index in [0.29, 0.717) is 25.4 Å². The summed E-state index contributed by atoms with van der Waals surface area (Å²) < 4.78 is 50.5. The Balaban J connectivity index is 2.94. The molecule has 0 aromatic carbocycles. The summed E-state index contributed by atoms with van der Waals surface area (Å²) in [6.45, 7) is 18.3. The highest BCUT2D eigenvalue weighted by molar-refractivity contribution is 7.48. The molecule has 6 atom stereocenters. The fraction of sp³-hybridized carbons (Fsp3) is 0.800. The fourth-order valence-corrected chi connectivity index (χ4v) is 8.10. The van der Waals surface area contributed by atoms with Crippen LogP contribution in [-0.4, -0.2) is 56.4 Å². The second-order valence-electron chi connectivity index (χ2n) is 15.1. The van der Waals surface area contributed by atoms with Gasteiger partial charge in [0, 0.05) is 13.0 Å². The minimum absolute atomic E-state index is 0.0378. The van der Waals surface area contributed by atoms with E-state index in [-0.39, 0.29) is 19.1 Å². The molecule has 0 aliphatic carbocycles. The third-order valence-electron chi connectivity index (χ3n) is 10.1. The molecule has 1 N–H and O–H groups in total. The number of amides is 1. The second-order valence-corrected chi connectivity index (χ2v) is 16.7. The maximum Gasteiger partial charge on any atom is 0.475 e. The number of phosphoric ester groups is 1. The van der Waals surface area contributed by atoms with Gasteiger partial charge in [-0.2, -0.15) is 0 Å². The maximum atomic E-state index is 13.9. The summed E-state index contributed by atoms with van der Waals surface area (Å²) in [5.74, 6) is 0.353. The van der Waals surface area contributed by atoms with Crippen LogP contribution in [-0.2, 0) is 37.1 Å². The summed E-state index contributed by atoms with van der Waals surface area (Å²) in [6, 6.07) is -0.738. The quantitative estimate of drug-likeness (QED) is 0.0287. The van der Waals surface area contributed by atoms with E-state index in [9.17, 15) is 9.36 Å². The van der Waals surface area contributed by atoms with Crippen LogP contribution in [0.25, 0.3) is 0 Å². The standard InChI is InChI=1S/C45H82NO8P/c1-8-14-16-18-19-20-21-22-23-24-25-26-27-29-31-33-41(47)46-42-44(49-38-34-39(7)32-30-28-17-15-9-2)43(40(13-6)53-45(42)50-35-10-3)54-55(48,51-36-11-4)52-37-12-5/h10-12,20-21,35,39-40,42-45H,4-5,8-9,13-19,22-34,36-38H2,1-3,6-7H3,(H,46,47)/b21-20-,35-10-/t39-,40-,42-,43-,44-,45+/m1/s1. The van der Waals surface area contributed by atoms with E-state index in [1.165, 1.54) is 108 Å². The molecule has 0 aromatic rings.